The molecule has 2 heterocycles. The predicted molar refractivity (Wildman–Crippen MR) is 44.2 cm³/mol. The van der Waals surface area contributed by atoms with Crippen LogP contribution in [0.1, 0.15) is 18.3 Å². The number of aromatic nitrogens is 2. The van der Waals surface area contributed by atoms with E-state index in [0.717, 1.165) is 17.9 Å². The number of aryl methyl sites for hydroxylation is 1. The summed E-state index contributed by atoms with van der Waals surface area (Å²) < 4.78 is 1.82. The number of rotatable bonds is 2. The molecule has 2 N–H and O–H groups in total. The van der Waals surface area contributed by atoms with Gasteiger partial charge in [0.15, 0.2) is 12.0 Å². The van der Waals surface area contributed by atoms with Crippen LogP contribution in [0.3, 0.4) is 0 Å². The van der Waals surface area contributed by atoms with Crippen molar-refractivity contribution in [3.63, 3.8) is 0 Å². The third-order valence-electron chi connectivity index (χ3n) is 1.84. The lowest BCUT2D eigenvalue weighted by atomic mass is 10.3. The van der Waals surface area contributed by atoms with Gasteiger partial charge < -0.3 is 5.73 Å². The van der Waals surface area contributed by atoms with Crippen molar-refractivity contribution in [1.82, 2.24) is 9.78 Å². The molecule has 1 aromatic rings. The Bertz CT molecular complexity index is 314. The van der Waals surface area contributed by atoms with Crippen LogP contribution < -0.4 is 5.73 Å². The molecule has 2 rings (SSSR count). The minimum Gasteiger partial charge on any atom is -0.330 e. The Balaban J connectivity index is 2.29. The van der Waals surface area contributed by atoms with Gasteiger partial charge in [0.05, 0.1) is 5.69 Å². The molecule has 0 aliphatic carbocycles. The molecule has 5 heteroatoms. The fourth-order valence-electron chi connectivity index (χ4n) is 1.30. The summed E-state index contributed by atoms with van der Waals surface area (Å²) in [6, 6.07) is 1.92. The normalized spacial score (nSPS) is 20.0. The smallest absolute Gasteiger partial charge is 0.175 e. The first-order valence-electron chi connectivity index (χ1n) is 3.98. The third-order valence-corrected chi connectivity index (χ3v) is 1.84. The topological polar surface area (TPSA) is 68.6 Å². The first-order chi connectivity index (χ1) is 5.81. The third kappa shape index (κ3) is 1.02. The lowest BCUT2D eigenvalue weighted by Crippen LogP contribution is -2.10. The fraction of sp³-hybridized carbons (Fsp3) is 0.571. The van der Waals surface area contributed by atoms with Gasteiger partial charge in [0.25, 0.3) is 0 Å². The van der Waals surface area contributed by atoms with Crippen LogP contribution in [0, 0.1) is 6.92 Å². The van der Waals surface area contributed by atoms with Gasteiger partial charge in [0.1, 0.15) is 0 Å². The standard InChI is InChI=1S/C7H11N5/c1-5-4-7-10-9-6(2-3-8)12(7)11-5/h4,6H,2-3,8H2,1H3. The van der Waals surface area contributed by atoms with Gasteiger partial charge in [-0.15, -0.1) is 5.11 Å². The van der Waals surface area contributed by atoms with Crippen LogP contribution in [0.2, 0.25) is 0 Å². The van der Waals surface area contributed by atoms with Gasteiger partial charge in [-0.2, -0.15) is 10.2 Å². The van der Waals surface area contributed by atoms with Gasteiger partial charge >= 0.3 is 0 Å². The first-order valence-corrected chi connectivity index (χ1v) is 3.98. The largest absolute Gasteiger partial charge is 0.330 e. The predicted octanol–water partition coefficient (Wildman–Crippen LogP) is 1.14. The fourth-order valence-corrected chi connectivity index (χ4v) is 1.30. The first kappa shape index (κ1) is 7.42. The monoisotopic (exact) mass is 165 g/mol. The summed E-state index contributed by atoms with van der Waals surface area (Å²) in [4.78, 5) is 0. The molecule has 1 aromatic heterocycles. The van der Waals surface area contributed by atoms with Crippen molar-refractivity contribution < 1.29 is 0 Å². The molecule has 0 bridgehead atoms. The van der Waals surface area contributed by atoms with Gasteiger partial charge in [-0.25, -0.2) is 4.68 Å². The summed E-state index contributed by atoms with van der Waals surface area (Å²) in [5.41, 5.74) is 6.41. The number of nitrogens with zero attached hydrogens (tertiary/aromatic N) is 4. The molecule has 0 radical (unpaired) electrons. The Hall–Kier alpha value is -1.23. The molecule has 0 aromatic carbocycles. The molecule has 0 saturated heterocycles. The van der Waals surface area contributed by atoms with E-state index in [1.54, 1.807) is 0 Å². The molecule has 1 unspecified atom stereocenters. The molecule has 5 nitrogen and oxygen atoms in total. The molecule has 12 heavy (non-hydrogen) atoms. The summed E-state index contributed by atoms with van der Waals surface area (Å²) >= 11 is 0. The van der Waals surface area contributed by atoms with Crippen LogP contribution in [0.25, 0.3) is 0 Å². The van der Waals surface area contributed by atoms with Crippen LogP contribution in [0.15, 0.2) is 16.3 Å². The second kappa shape index (κ2) is 2.67. The maximum absolute atomic E-state index is 5.43. The van der Waals surface area contributed by atoms with Crippen molar-refractivity contribution in [2.45, 2.75) is 19.5 Å². The summed E-state index contributed by atoms with van der Waals surface area (Å²) in [5.74, 6) is 0.839. The second-order valence-corrected chi connectivity index (χ2v) is 2.86. The zero-order valence-corrected chi connectivity index (χ0v) is 6.94. The van der Waals surface area contributed by atoms with E-state index in [9.17, 15) is 0 Å². The molecular formula is C7H11N5. The van der Waals surface area contributed by atoms with Gasteiger partial charge in [0.2, 0.25) is 0 Å². The highest BCUT2D eigenvalue weighted by Gasteiger charge is 2.19. The van der Waals surface area contributed by atoms with E-state index >= 15 is 0 Å². The second-order valence-electron chi connectivity index (χ2n) is 2.86. The van der Waals surface area contributed by atoms with E-state index in [1.807, 2.05) is 17.7 Å². The van der Waals surface area contributed by atoms with Gasteiger partial charge in [-0.3, -0.25) is 0 Å². The van der Waals surface area contributed by atoms with Gasteiger partial charge in [-0.1, -0.05) is 0 Å². The lowest BCUT2D eigenvalue weighted by Gasteiger charge is -2.04. The molecular weight excluding hydrogens is 154 g/mol. The number of hydrogen-bond acceptors (Lipinski definition) is 4. The highest BCUT2D eigenvalue weighted by molar-refractivity contribution is 5.31. The zero-order valence-electron chi connectivity index (χ0n) is 6.94. The quantitative estimate of drug-likeness (QED) is 0.713. The molecule has 1 atom stereocenters. The average molecular weight is 165 g/mol. The molecule has 64 valence electrons. The van der Waals surface area contributed by atoms with E-state index in [4.69, 9.17) is 5.73 Å². The van der Waals surface area contributed by atoms with Crippen LogP contribution in [-0.4, -0.2) is 16.3 Å². The minimum absolute atomic E-state index is 0.0266. The van der Waals surface area contributed by atoms with Crippen LogP contribution in [0.4, 0.5) is 5.82 Å². The molecule has 1 aliphatic heterocycles. The SMILES string of the molecule is Cc1cc2n(n1)C(CCN)N=N2. The maximum atomic E-state index is 5.43. The highest BCUT2D eigenvalue weighted by atomic mass is 15.5. The number of nitrogens with two attached hydrogens (primary N) is 1. The van der Waals surface area contributed by atoms with Crippen LogP contribution in [-0.2, 0) is 0 Å². The number of hydrogen-bond donors (Lipinski definition) is 1. The Morgan fingerprint density at radius 3 is 3.25 bits per heavy atom. The summed E-state index contributed by atoms with van der Waals surface area (Å²) in [7, 11) is 0. The molecule has 1 aliphatic rings. The summed E-state index contributed by atoms with van der Waals surface area (Å²) in [6.45, 7) is 2.56. The van der Waals surface area contributed by atoms with E-state index < -0.39 is 0 Å². The van der Waals surface area contributed by atoms with Gasteiger partial charge in [0, 0.05) is 12.5 Å². The van der Waals surface area contributed by atoms with Crippen molar-refractivity contribution in [1.29, 1.82) is 0 Å². The molecule has 0 amide bonds. The van der Waals surface area contributed by atoms with E-state index in [1.165, 1.54) is 0 Å². The van der Waals surface area contributed by atoms with E-state index in [0.29, 0.717) is 6.54 Å². The average Bonchev–Trinajstić information content (AvgIpc) is 2.52. The highest BCUT2D eigenvalue weighted by Crippen LogP contribution is 2.29. The number of fused-ring (bicyclic) bond motifs is 1. The maximum Gasteiger partial charge on any atom is 0.175 e. The van der Waals surface area contributed by atoms with Crippen molar-refractivity contribution in [3.05, 3.63) is 11.8 Å². The van der Waals surface area contributed by atoms with Crippen molar-refractivity contribution >= 4 is 5.82 Å². The van der Waals surface area contributed by atoms with Crippen molar-refractivity contribution in [3.8, 4) is 0 Å². The Kier molecular flexibility index (Phi) is 1.65. The van der Waals surface area contributed by atoms with Gasteiger partial charge in [-0.05, 0) is 13.5 Å². The lowest BCUT2D eigenvalue weighted by molar-refractivity contribution is 0.465. The van der Waals surface area contributed by atoms with E-state index in [2.05, 4.69) is 15.3 Å². The minimum atomic E-state index is 0.0266. The summed E-state index contributed by atoms with van der Waals surface area (Å²) in [5, 5.41) is 12.3. The zero-order chi connectivity index (χ0) is 8.55. The Morgan fingerprint density at radius 2 is 2.50 bits per heavy atom. The van der Waals surface area contributed by atoms with Crippen LogP contribution in [0.5, 0.6) is 0 Å². The van der Waals surface area contributed by atoms with Crippen LogP contribution >= 0.6 is 0 Å². The van der Waals surface area contributed by atoms with Crippen molar-refractivity contribution in [2.75, 3.05) is 6.54 Å². The molecule has 0 fully saturated rings. The Morgan fingerprint density at radius 1 is 1.67 bits per heavy atom. The van der Waals surface area contributed by atoms with E-state index in [-0.39, 0.29) is 6.17 Å². The Labute approximate surface area is 70.3 Å². The number of azo groups is 1. The van der Waals surface area contributed by atoms with Crippen molar-refractivity contribution in [2.24, 2.45) is 16.0 Å². The summed E-state index contributed by atoms with van der Waals surface area (Å²) in [6.07, 6.45) is 0.830. The molecule has 0 saturated carbocycles. The molecule has 0 spiro atoms.